The third kappa shape index (κ3) is 5.87. The van der Waals surface area contributed by atoms with Crippen LogP contribution in [0.1, 0.15) is 26.0 Å². The smallest absolute Gasteiger partial charge is 0.228 e. The minimum Gasteiger partial charge on any atom is -0.477 e. The molecule has 1 unspecified atom stereocenters. The van der Waals surface area contributed by atoms with Crippen molar-refractivity contribution in [3.8, 4) is 5.88 Å². The zero-order chi connectivity index (χ0) is 15.8. The van der Waals surface area contributed by atoms with Crippen molar-refractivity contribution >= 4 is 28.0 Å². The third-order valence-corrected chi connectivity index (χ3v) is 3.64. The largest absolute Gasteiger partial charge is 0.477 e. The number of hydrogen-bond acceptors (Lipinski definition) is 3. The molecule has 0 aliphatic heterocycles. The highest BCUT2D eigenvalue weighted by atomic mass is 79.9. The number of aliphatic imine (C=N–C) groups is 1. The predicted octanol–water partition coefficient (Wildman–Crippen LogP) is 4.36. The van der Waals surface area contributed by atoms with E-state index in [0.29, 0.717) is 18.4 Å². The number of rotatable bonds is 8. The standard InChI is InChI=1S/C16H24BrN3O/c1-6-8-12(3)10-21-16-14(17)9-15(13(4)19-16)18-11-20(5)7-2/h6,9,11-12H,1,7-8,10H2,2-5H3/b18-11+. The van der Waals surface area contributed by atoms with E-state index in [4.69, 9.17) is 4.74 Å². The van der Waals surface area contributed by atoms with E-state index in [1.54, 1.807) is 0 Å². The minimum absolute atomic E-state index is 0.424. The minimum atomic E-state index is 0.424. The Morgan fingerprint density at radius 1 is 1.57 bits per heavy atom. The van der Waals surface area contributed by atoms with Gasteiger partial charge in [-0.1, -0.05) is 13.0 Å². The Morgan fingerprint density at radius 3 is 2.90 bits per heavy atom. The molecule has 0 saturated heterocycles. The summed E-state index contributed by atoms with van der Waals surface area (Å²) >= 11 is 3.50. The normalized spacial score (nSPS) is 12.4. The van der Waals surface area contributed by atoms with Gasteiger partial charge in [-0.25, -0.2) is 9.98 Å². The maximum atomic E-state index is 5.77. The lowest BCUT2D eigenvalue weighted by Crippen LogP contribution is -2.14. The second kappa shape index (κ2) is 8.82. The fraction of sp³-hybridized carbons (Fsp3) is 0.500. The van der Waals surface area contributed by atoms with Crippen LogP contribution in [0.5, 0.6) is 5.88 Å². The van der Waals surface area contributed by atoms with Gasteiger partial charge in [-0.05, 0) is 48.2 Å². The first kappa shape index (κ1) is 17.7. The lowest BCUT2D eigenvalue weighted by atomic mass is 10.1. The van der Waals surface area contributed by atoms with Gasteiger partial charge in [0, 0.05) is 13.6 Å². The zero-order valence-corrected chi connectivity index (χ0v) is 14.9. The van der Waals surface area contributed by atoms with Gasteiger partial charge in [0.25, 0.3) is 0 Å². The maximum Gasteiger partial charge on any atom is 0.228 e. The van der Waals surface area contributed by atoms with Crippen LogP contribution in [-0.2, 0) is 0 Å². The number of allylic oxidation sites excluding steroid dienone is 1. The molecule has 0 bridgehead atoms. The van der Waals surface area contributed by atoms with E-state index in [-0.39, 0.29) is 0 Å². The van der Waals surface area contributed by atoms with E-state index in [2.05, 4.69) is 46.3 Å². The molecule has 116 valence electrons. The van der Waals surface area contributed by atoms with Crippen molar-refractivity contribution in [1.82, 2.24) is 9.88 Å². The van der Waals surface area contributed by atoms with Crippen LogP contribution in [0.3, 0.4) is 0 Å². The number of ether oxygens (including phenoxy) is 1. The van der Waals surface area contributed by atoms with Gasteiger partial charge in [0.1, 0.15) is 0 Å². The summed E-state index contributed by atoms with van der Waals surface area (Å²) in [5, 5.41) is 0. The van der Waals surface area contributed by atoms with Gasteiger partial charge in [-0.15, -0.1) is 6.58 Å². The second-order valence-corrected chi connectivity index (χ2v) is 5.99. The Bertz CT molecular complexity index is 503. The molecule has 0 aromatic carbocycles. The average Bonchev–Trinajstić information content (AvgIpc) is 2.46. The fourth-order valence-corrected chi connectivity index (χ4v) is 2.02. The second-order valence-electron chi connectivity index (χ2n) is 5.14. The van der Waals surface area contributed by atoms with Gasteiger partial charge < -0.3 is 9.64 Å². The molecule has 0 radical (unpaired) electrons. The van der Waals surface area contributed by atoms with Crippen molar-refractivity contribution in [2.45, 2.75) is 27.2 Å². The van der Waals surface area contributed by atoms with Crippen molar-refractivity contribution in [3.63, 3.8) is 0 Å². The molecule has 1 aromatic rings. The van der Waals surface area contributed by atoms with Crippen LogP contribution in [0, 0.1) is 12.8 Å². The Balaban J connectivity index is 2.79. The molecule has 1 aromatic heterocycles. The molecule has 21 heavy (non-hydrogen) atoms. The summed E-state index contributed by atoms with van der Waals surface area (Å²) < 4.78 is 6.59. The molecule has 1 heterocycles. The lowest BCUT2D eigenvalue weighted by molar-refractivity contribution is 0.250. The fourth-order valence-electron chi connectivity index (χ4n) is 1.60. The van der Waals surface area contributed by atoms with Gasteiger partial charge in [-0.2, -0.15) is 0 Å². The predicted molar refractivity (Wildman–Crippen MR) is 92.6 cm³/mol. The van der Waals surface area contributed by atoms with E-state index in [9.17, 15) is 0 Å². The van der Waals surface area contributed by atoms with Crippen LogP contribution in [0.4, 0.5) is 5.69 Å². The molecule has 0 amide bonds. The van der Waals surface area contributed by atoms with Gasteiger partial charge in [0.15, 0.2) is 0 Å². The van der Waals surface area contributed by atoms with Crippen LogP contribution in [0.25, 0.3) is 0 Å². The van der Waals surface area contributed by atoms with E-state index >= 15 is 0 Å². The van der Waals surface area contributed by atoms with Crippen molar-refractivity contribution in [2.24, 2.45) is 10.9 Å². The summed E-state index contributed by atoms with van der Waals surface area (Å²) in [5.41, 5.74) is 1.69. The third-order valence-electron chi connectivity index (χ3n) is 3.07. The monoisotopic (exact) mass is 353 g/mol. The molecule has 1 rings (SSSR count). The van der Waals surface area contributed by atoms with Crippen LogP contribution in [0.2, 0.25) is 0 Å². The molecule has 0 spiro atoms. The van der Waals surface area contributed by atoms with Crippen molar-refractivity contribution in [2.75, 3.05) is 20.2 Å². The Labute approximate surface area is 136 Å². The van der Waals surface area contributed by atoms with Crippen LogP contribution in [-0.4, -0.2) is 36.4 Å². The zero-order valence-electron chi connectivity index (χ0n) is 13.3. The highest BCUT2D eigenvalue weighted by molar-refractivity contribution is 9.10. The molecule has 1 atom stereocenters. The first-order valence-corrected chi connectivity index (χ1v) is 7.92. The van der Waals surface area contributed by atoms with E-state index in [1.165, 1.54) is 0 Å². The molecule has 5 heteroatoms. The number of hydrogen-bond donors (Lipinski definition) is 0. The molecular formula is C16H24BrN3O. The van der Waals surface area contributed by atoms with E-state index < -0.39 is 0 Å². The van der Waals surface area contributed by atoms with Crippen LogP contribution in [0.15, 0.2) is 28.2 Å². The number of aryl methyl sites for hydroxylation is 1. The first-order valence-electron chi connectivity index (χ1n) is 7.13. The maximum absolute atomic E-state index is 5.77. The average molecular weight is 354 g/mol. The Kier molecular flexibility index (Phi) is 7.43. The number of pyridine rings is 1. The van der Waals surface area contributed by atoms with Crippen molar-refractivity contribution in [3.05, 3.63) is 28.9 Å². The SMILES string of the molecule is C=CCC(C)COc1nc(C)c(/N=C/N(C)CC)cc1Br. The Hall–Kier alpha value is -1.36. The van der Waals surface area contributed by atoms with E-state index in [0.717, 1.165) is 28.8 Å². The van der Waals surface area contributed by atoms with Gasteiger partial charge >= 0.3 is 0 Å². The number of halogens is 1. The summed E-state index contributed by atoms with van der Waals surface area (Å²) in [6, 6.07) is 1.94. The van der Waals surface area contributed by atoms with Gasteiger partial charge in [-0.3, -0.25) is 0 Å². The highest BCUT2D eigenvalue weighted by Gasteiger charge is 2.09. The Morgan fingerprint density at radius 2 is 2.29 bits per heavy atom. The molecule has 0 fully saturated rings. The molecule has 4 nitrogen and oxygen atoms in total. The molecule has 0 aliphatic rings. The lowest BCUT2D eigenvalue weighted by Gasteiger charge is -2.13. The van der Waals surface area contributed by atoms with Crippen LogP contribution < -0.4 is 4.74 Å². The molecular weight excluding hydrogens is 330 g/mol. The summed E-state index contributed by atoms with van der Waals surface area (Å²) in [5.74, 6) is 1.04. The first-order chi connectivity index (χ1) is 9.97. The number of aromatic nitrogens is 1. The van der Waals surface area contributed by atoms with Gasteiger partial charge in [0.05, 0.1) is 28.8 Å². The van der Waals surface area contributed by atoms with Crippen molar-refractivity contribution in [1.29, 1.82) is 0 Å². The number of nitrogens with zero attached hydrogens (tertiary/aromatic N) is 3. The van der Waals surface area contributed by atoms with Gasteiger partial charge in [0.2, 0.25) is 5.88 Å². The quantitative estimate of drug-likeness (QED) is 0.396. The van der Waals surface area contributed by atoms with Crippen molar-refractivity contribution < 1.29 is 4.74 Å². The summed E-state index contributed by atoms with van der Waals surface area (Å²) in [6.07, 6.45) is 4.65. The summed E-state index contributed by atoms with van der Waals surface area (Å²) in [7, 11) is 1.99. The molecule has 0 aliphatic carbocycles. The topological polar surface area (TPSA) is 37.7 Å². The molecule has 0 saturated carbocycles. The highest BCUT2D eigenvalue weighted by Crippen LogP contribution is 2.30. The summed E-state index contributed by atoms with van der Waals surface area (Å²) in [6.45, 7) is 11.4. The molecule has 0 N–H and O–H groups in total. The van der Waals surface area contributed by atoms with Crippen LogP contribution >= 0.6 is 15.9 Å². The van der Waals surface area contributed by atoms with E-state index in [1.807, 2.05) is 37.4 Å². The summed E-state index contributed by atoms with van der Waals surface area (Å²) in [4.78, 5) is 10.9.